The maximum absolute atomic E-state index is 12.7. The number of nitrogens with zero attached hydrogens (tertiary/aromatic N) is 1. The number of aromatic carboxylic acids is 1. The molecule has 10 heteroatoms. The molecule has 19 heavy (non-hydrogen) atoms. The Bertz CT molecular complexity index is 488. The molecule has 0 aromatic carbocycles. The fraction of sp³-hybridized carbons (Fsp3) is 0.333. The topological polar surface area (TPSA) is 68.7 Å². The van der Waals surface area contributed by atoms with E-state index in [1.54, 1.807) is 0 Å². The maximum Gasteiger partial charge on any atom is 0.573 e. The zero-order valence-corrected chi connectivity index (χ0v) is 9.16. The van der Waals surface area contributed by atoms with Gasteiger partial charge in [-0.1, -0.05) is 0 Å². The summed E-state index contributed by atoms with van der Waals surface area (Å²) in [5.74, 6) is -4.22. The summed E-state index contributed by atoms with van der Waals surface area (Å²) in [4.78, 5) is 13.9. The molecule has 0 saturated heterocycles. The predicted molar refractivity (Wildman–Crippen MR) is 49.4 cm³/mol. The van der Waals surface area contributed by atoms with Gasteiger partial charge in [-0.2, -0.15) is 0 Å². The smallest absolute Gasteiger partial charge is 0.478 e. The van der Waals surface area contributed by atoms with Crippen molar-refractivity contribution in [2.24, 2.45) is 0 Å². The van der Waals surface area contributed by atoms with Gasteiger partial charge in [-0.05, 0) is 0 Å². The van der Waals surface area contributed by atoms with Crippen LogP contribution in [0, 0.1) is 0 Å². The van der Waals surface area contributed by atoms with Gasteiger partial charge in [-0.15, -0.1) is 13.2 Å². The lowest BCUT2D eigenvalue weighted by molar-refractivity contribution is -0.275. The average Bonchev–Trinajstić information content (AvgIpc) is 2.25. The van der Waals surface area contributed by atoms with Gasteiger partial charge in [0, 0.05) is 6.20 Å². The molecule has 1 heterocycles. The molecule has 0 radical (unpaired) electrons. The molecule has 1 aromatic heterocycles. The number of carboxylic acids is 1. The number of rotatable bonds is 4. The van der Waals surface area contributed by atoms with E-state index >= 15 is 0 Å². The van der Waals surface area contributed by atoms with Crippen molar-refractivity contribution in [3.63, 3.8) is 0 Å². The maximum atomic E-state index is 12.7. The summed E-state index contributed by atoms with van der Waals surface area (Å²) in [6.45, 7) is 0. The summed E-state index contributed by atoms with van der Waals surface area (Å²) in [5.41, 5.74) is -2.55. The van der Waals surface area contributed by atoms with E-state index in [0.717, 1.165) is 7.11 Å². The van der Waals surface area contributed by atoms with Gasteiger partial charge in [0.05, 0.1) is 18.2 Å². The van der Waals surface area contributed by atoms with Crippen molar-refractivity contribution in [1.82, 2.24) is 4.98 Å². The molecule has 5 nitrogen and oxygen atoms in total. The third-order valence-electron chi connectivity index (χ3n) is 1.90. The number of hydrogen-bond donors (Lipinski definition) is 1. The van der Waals surface area contributed by atoms with E-state index in [-0.39, 0.29) is 0 Å². The van der Waals surface area contributed by atoms with Crippen LogP contribution in [-0.4, -0.2) is 29.5 Å². The van der Waals surface area contributed by atoms with Crippen molar-refractivity contribution in [3.8, 4) is 11.6 Å². The molecule has 0 atom stereocenters. The molecule has 0 spiro atoms. The lowest BCUT2D eigenvalue weighted by Gasteiger charge is -2.16. The molecule has 1 aromatic rings. The number of alkyl halides is 5. The average molecular weight is 287 g/mol. The Morgan fingerprint density at radius 3 is 2.37 bits per heavy atom. The summed E-state index contributed by atoms with van der Waals surface area (Å²) in [5, 5.41) is 8.65. The van der Waals surface area contributed by atoms with E-state index in [2.05, 4.69) is 14.5 Å². The Balaban J connectivity index is 3.52. The van der Waals surface area contributed by atoms with Crippen LogP contribution >= 0.6 is 0 Å². The van der Waals surface area contributed by atoms with Gasteiger partial charge in [-0.25, -0.2) is 18.6 Å². The van der Waals surface area contributed by atoms with E-state index in [0.29, 0.717) is 6.20 Å². The molecule has 0 aliphatic heterocycles. The van der Waals surface area contributed by atoms with Gasteiger partial charge in [0.2, 0.25) is 5.75 Å². The molecule has 0 unspecified atom stereocenters. The minimum absolute atomic E-state index is 0.464. The monoisotopic (exact) mass is 287 g/mol. The standard InChI is InChI=1S/C9H6F5NO4/c1-18-7-5(19-9(12,13)14)4(6(10)11)3(2-15-7)8(16)17/h2,6H,1H3,(H,16,17). The Hall–Kier alpha value is -2.13. The van der Waals surface area contributed by atoms with Crippen LogP contribution < -0.4 is 9.47 Å². The van der Waals surface area contributed by atoms with Gasteiger partial charge in [0.25, 0.3) is 12.3 Å². The number of carboxylic acid groups (broad SMARTS) is 1. The molecule has 0 aliphatic rings. The number of halogens is 5. The van der Waals surface area contributed by atoms with Gasteiger partial charge in [0.15, 0.2) is 0 Å². The van der Waals surface area contributed by atoms with Gasteiger partial charge < -0.3 is 14.6 Å². The van der Waals surface area contributed by atoms with E-state index in [1.807, 2.05) is 0 Å². The molecule has 1 rings (SSSR count). The molecule has 0 bridgehead atoms. The second-order valence-corrected chi connectivity index (χ2v) is 3.08. The first kappa shape index (κ1) is 14.9. The van der Waals surface area contributed by atoms with Crippen molar-refractivity contribution in [3.05, 3.63) is 17.3 Å². The number of ether oxygens (including phenoxy) is 2. The van der Waals surface area contributed by atoms with E-state index in [4.69, 9.17) is 5.11 Å². The summed E-state index contributed by atoms with van der Waals surface area (Å²) < 4.78 is 69.6. The zero-order valence-electron chi connectivity index (χ0n) is 9.16. The largest absolute Gasteiger partial charge is 0.573 e. The van der Waals surface area contributed by atoms with Gasteiger partial charge >= 0.3 is 12.3 Å². The lowest BCUT2D eigenvalue weighted by Crippen LogP contribution is -2.20. The van der Waals surface area contributed by atoms with Crippen LogP contribution in [0.2, 0.25) is 0 Å². The van der Waals surface area contributed by atoms with E-state index in [9.17, 15) is 26.7 Å². The molecular weight excluding hydrogens is 281 g/mol. The second kappa shape index (κ2) is 5.24. The predicted octanol–water partition coefficient (Wildman–Crippen LogP) is 2.62. The van der Waals surface area contributed by atoms with Crippen molar-refractivity contribution in [1.29, 1.82) is 0 Å². The van der Waals surface area contributed by atoms with Crippen molar-refractivity contribution >= 4 is 5.97 Å². The molecular formula is C9H6F5NO4. The van der Waals surface area contributed by atoms with Crippen LogP contribution in [0.3, 0.4) is 0 Å². The van der Waals surface area contributed by atoms with Crippen LogP contribution in [0.1, 0.15) is 22.3 Å². The minimum Gasteiger partial charge on any atom is -0.478 e. The summed E-state index contributed by atoms with van der Waals surface area (Å²) >= 11 is 0. The Morgan fingerprint density at radius 2 is 2.00 bits per heavy atom. The van der Waals surface area contributed by atoms with E-state index < -0.39 is 41.5 Å². The normalized spacial score (nSPS) is 11.5. The van der Waals surface area contributed by atoms with Crippen LogP contribution in [0.4, 0.5) is 22.0 Å². The first-order valence-corrected chi connectivity index (χ1v) is 4.51. The molecule has 0 fully saturated rings. The number of aromatic nitrogens is 1. The number of carbonyl (C=O) groups is 1. The van der Waals surface area contributed by atoms with Gasteiger partial charge in [-0.3, -0.25) is 0 Å². The van der Waals surface area contributed by atoms with E-state index in [1.165, 1.54) is 0 Å². The quantitative estimate of drug-likeness (QED) is 0.862. The first-order valence-electron chi connectivity index (χ1n) is 4.51. The van der Waals surface area contributed by atoms with Gasteiger partial charge in [0.1, 0.15) is 0 Å². The second-order valence-electron chi connectivity index (χ2n) is 3.08. The van der Waals surface area contributed by atoms with Crippen LogP contribution in [0.25, 0.3) is 0 Å². The highest BCUT2D eigenvalue weighted by Crippen LogP contribution is 2.40. The molecule has 1 N–H and O–H groups in total. The molecule has 0 saturated carbocycles. The molecule has 0 aliphatic carbocycles. The fourth-order valence-corrected chi connectivity index (χ4v) is 1.24. The highest BCUT2D eigenvalue weighted by molar-refractivity contribution is 5.90. The third kappa shape index (κ3) is 3.42. The molecule has 106 valence electrons. The Kier molecular flexibility index (Phi) is 4.12. The zero-order chi connectivity index (χ0) is 14.8. The summed E-state index contributed by atoms with van der Waals surface area (Å²) in [7, 11) is 0.876. The van der Waals surface area contributed by atoms with Crippen molar-refractivity contribution < 1.29 is 41.3 Å². The third-order valence-corrected chi connectivity index (χ3v) is 1.90. The highest BCUT2D eigenvalue weighted by atomic mass is 19.4. The molecule has 0 amide bonds. The highest BCUT2D eigenvalue weighted by Gasteiger charge is 2.37. The minimum atomic E-state index is -5.30. The number of pyridine rings is 1. The lowest BCUT2D eigenvalue weighted by atomic mass is 10.1. The van der Waals surface area contributed by atoms with Crippen molar-refractivity contribution in [2.75, 3.05) is 7.11 Å². The number of hydrogen-bond acceptors (Lipinski definition) is 4. The summed E-state index contributed by atoms with van der Waals surface area (Å²) in [6.07, 6.45) is -8.35. The van der Waals surface area contributed by atoms with Crippen LogP contribution in [0.5, 0.6) is 11.6 Å². The Morgan fingerprint density at radius 1 is 1.42 bits per heavy atom. The van der Waals surface area contributed by atoms with Crippen LogP contribution in [-0.2, 0) is 0 Å². The number of methoxy groups -OCH3 is 1. The van der Waals surface area contributed by atoms with Crippen LogP contribution in [0.15, 0.2) is 6.20 Å². The summed E-state index contributed by atoms with van der Waals surface area (Å²) in [6, 6.07) is 0. The SMILES string of the molecule is COc1ncc(C(=O)O)c(C(F)F)c1OC(F)(F)F. The first-order chi connectivity index (χ1) is 8.67. The van der Waals surface area contributed by atoms with Crippen molar-refractivity contribution in [2.45, 2.75) is 12.8 Å². The fourth-order valence-electron chi connectivity index (χ4n) is 1.24. The Labute approximate surface area is 102 Å².